The van der Waals surface area contributed by atoms with Crippen LogP contribution < -0.4 is 5.32 Å². The van der Waals surface area contributed by atoms with E-state index in [1.54, 1.807) is 20.8 Å². The van der Waals surface area contributed by atoms with Crippen LogP contribution in [0.25, 0.3) is 0 Å². The summed E-state index contributed by atoms with van der Waals surface area (Å²) in [6, 6.07) is 0. The smallest absolute Gasteiger partial charge is 0.407 e. The van der Waals surface area contributed by atoms with E-state index in [-0.39, 0.29) is 12.6 Å². The third kappa shape index (κ3) is 4.10. The number of nitrogens with one attached hydrogen (secondary N) is 1. The molecule has 5 heteroatoms. The Balaban J connectivity index is 2.11. The number of carbonyl (C=O) groups is 1. The van der Waals surface area contributed by atoms with Crippen molar-refractivity contribution in [2.24, 2.45) is 0 Å². The highest BCUT2D eigenvalue weighted by atomic mass is 16.7. The van der Waals surface area contributed by atoms with E-state index in [1.165, 1.54) is 0 Å². The first-order chi connectivity index (χ1) is 5.88. The Bertz CT molecular complexity index is 199. The van der Waals surface area contributed by atoms with E-state index in [0.29, 0.717) is 0 Å². The van der Waals surface area contributed by atoms with E-state index in [0.717, 1.165) is 0 Å². The molecule has 2 unspecified atom stereocenters. The van der Waals surface area contributed by atoms with Gasteiger partial charge < -0.3 is 19.9 Å². The molecule has 1 aliphatic rings. The number of carbonyl (C=O) groups excluding carboxylic acids is 1. The summed E-state index contributed by atoms with van der Waals surface area (Å²) in [5.41, 5.74) is -0.493. The molecule has 2 atom stereocenters. The minimum Gasteiger partial charge on any atom is -0.444 e. The van der Waals surface area contributed by atoms with E-state index >= 15 is 0 Å². The van der Waals surface area contributed by atoms with E-state index < -0.39 is 18.0 Å². The Hall–Kier alpha value is -0.810. The lowest BCUT2D eigenvalue weighted by Gasteiger charge is -2.19. The second-order valence-electron chi connectivity index (χ2n) is 3.95. The monoisotopic (exact) mass is 189 g/mol. The van der Waals surface area contributed by atoms with Gasteiger partial charge in [-0.3, -0.25) is 0 Å². The molecule has 0 spiro atoms. The molecule has 1 rings (SSSR count). The van der Waals surface area contributed by atoms with Gasteiger partial charge in [0.2, 0.25) is 0 Å². The van der Waals surface area contributed by atoms with Gasteiger partial charge in [-0.2, -0.15) is 0 Å². The molecule has 1 fully saturated rings. The third-order valence-corrected chi connectivity index (χ3v) is 1.40. The Morgan fingerprint density at radius 1 is 1.62 bits per heavy atom. The quantitative estimate of drug-likeness (QED) is 0.610. The maximum Gasteiger partial charge on any atom is 0.407 e. The molecule has 0 aromatic heterocycles. The minimum absolute atomic E-state index is 0.271. The van der Waals surface area contributed by atoms with Crippen molar-refractivity contribution in [3.63, 3.8) is 0 Å². The number of aliphatic hydroxyl groups excluding tert-OH is 1. The van der Waals surface area contributed by atoms with Gasteiger partial charge in [0.05, 0.1) is 6.54 Å². The fraction of sp³-hybridized carbons (Fsp3) is 0.875. The highest BCUT2D eigenvalue weighted by Crippen LogP contribution is 2.17. The molecule has 5 nitrogen and oxygen atoms in total. The Morgan fingerprint density at radius 2 is 2.15 bits per heavy atom. The maximum absolute atomic E-state index is 11.0. The van der Waals surface area contributed by atoms with Crippen molar-refractivity contribution in [3.05, 3.63) is 0 Å². The Labute approximate surface area is 77.0 Å². The van der Waals surface area contributed by atoms with Gasteiger partial charge in [0, 0.05) is 0 Å². The normalized spacial score (nSPS) is 26.8. The van der Waals surface area contributed by atoms with Gasteiger partial charge in [0.25, 0.3) is 0 Å². The molecule has 0 aromatic carbocycles. The van der Waals surface area contributed by atoms with E-state index in [9.17, 15) is 4.79 Å². The van der Waals surface area contributed by atoms with Crippen molar-refractivity contribution in [3.8, 4) is 0 Å². The topological polar surface area (TPSA) is 71.1 Å². The summed E-state index contributed by atoms with van der Waals surface area (Å²) in [6.45, 7) is 5.65. The number of rotatable bonds is 2. The number of alkyl carbamates (subject to hydrolysis) is 1. The molecule has 0 aromatic rings. The summed E-state index contributed by atoms with van der Waals surface area (Å²) in [4.78, 5) is 11.0. The summed E-state index contributed by atoms with van der Waals surface area (Å²) >= 11 is 0. The van der Waals surface area contributed by atoms with Crippen molar-refractivity contribution < 1.29 is 19.4 Å². The van der Waals surface area contributed by atoms with Crippen LogP contribution in [0.4, 0.5) is 4.79 Å². The highest BCUT2D eigenvalue weighted by molar-refractivity contribution is 5.67. The first-order valence-electron chi connectivity index (χ1n) is 4.19. The molecule has 76 valence electrons. The number of aliphatic hydroxyl groups is 1. The predicted molar refractivity (Wildman–Crippen MR) is 45.1 cm³/mol. The van der Waals surface area contributed by atoms with Crippen LogP contribution in [0, 0.1) is 0 Å². The van der Waals surface area contributed by atoms with Gasteiger partial charge in [0.15, 0.2) is 6.29 Å². The van der Waals surface area contributed by atoms with Crippen LogP contribution in [-0.4, -0.2) is 35.7 Å². The molecule has 1 amide bonds. The van der Waals surface area contributed by atoms with Crippen LogP contribution in [0.5, 0.6) is 0 Å². The lowest BCUT2D eigenvalue weighted by atomic mass is 10.2. The molecule has 0 radical (unpaired) electrons. The standard InChI is InChI=1S/C8H15NO4/c1-8(2,3)13-7(11)9-4-5-6(10)12-5/h5-6,10H,4H2,1-3H3,(H,9,11). The zero-order valence-electron chi connectivity index (χ0n) is 8.03. The first kappa shape index (κ1) is 10.3. The summed E-state index contributed by atoms with van der Waals surface area (Å²) in [5, 5.41) is 11.2. The number of epoxide rings is 1. The van der Waals surface area contributed by atoms with Crippen molar-refractivity contribution in [1.82, 2.24) is 5.32 Å². The first-order valence-corrected chi connectivity index (χ1v) is 4.19. The summed E-state index contributed by atoms with van der Waals surface area (Å²) in [6.07, 6.45) is -1.49. The van der Waals surface area contributed by atoms with Gasteiger partial charge in [-0.25, -0.2) is 4.79 Å². The molecule has 1 aliphatic heterocycles. The molecule has 13 heavy (non-hydrogen) atoms. The van der Waals surface area contributed by atoms with Crippen LogP contribution >= 0.6 is 0 Å². The Morgan fingerprint density at radius 3 is 2.54 bits per heavy atom. The molecule has 1 heterocycles. The number of amides is 1. The van der Waals surface area contributed by atoms with E-state index in [2.05, 4.69) is 10.1 Å². The lowest BCUT2D eigenvalue weighted by molar-refractivity contribution is 0.0524. The molecule has 0 bridgehead atoms. The maximum atomic E-state index is 11.0. The van der Waals surface area contributed by atoms with Gasteiger partial charge in [-0.05, 0) is 20.8 Å². The summed E-state index contributed by atoms with van der Waals surface area (Å²) < 4.78 is 9.65. The summed E-state index contributed by atoms with van der Waals surface area (Å²) in [5.74, 6) is 0. The van der Waals surface area contributed by atoms with Crippen LogP contribution in [0.2, 0.25) is 0 Å². The molecular weight excluding hydrogens is 174 g/mol. The molecule has 1 saturated heterocycles. The van der Waals surface area contributed by atoms with Crippen molar-refractivity contribution in [2.75, 3.05) is 6.54 Å². The number of hydrogen-bond acceptors (Lipinski definition) is 4. The zero-order chi connectivity index (χ0) is 10.1. The average Bonchev–Trinajstić information content (AvgIpc) is 2.58. The van der Waals surface area contributed by atoms with Gasteiger partial charge in [-0.1, -0.05) is 0 Å². The van der Waals surface area contributed by atoms with E-state index in [4.69, 9.17) is 9.84 Å². The van der Waals surface area contributed by atoms with Crippen LogP contribution in [-0.2, 0) is 9.47 Å². The average molecular weight is 189 g/mol. The van der Waals surface area contributed by atoms with Crippen LogP contribution in [0.1, 0.15) is 20.8 Å². The number of ether oxygens (including phenoxy) is 2. The van der Waals surface area contributed by atoms with Gasteiger partial charge in [-0.15, -0.1) is 0 Å². The van der Waals surface area contributed by atoms with Crippen LogP contribution in [0.15, 0.2) is 0 Å². The van der Waals surface area contributed by atoms with Gasteiger partial charge in [0.1, 0.15) is 11.7 Å². The van der Waals surface area contributed by atoms with Crippen molar-refractivity contribution in [2.45, 2.75) is 38.8 Å². The number of hydrogen-bond donors (Lipinski definition) is 2. The molecule has 0 aliphatic carbocycles. The fourth-order valence-corrected chi connectivity index (χ4v) is 0.781. The molecule has 2 N–H and O–H groups in total. The minimum atomic E-state index is -0.727. The fourth-order valence-electron chi connectivity index (χ4n) is 0.781. The second-order valence-corrected chi connectivity index (χ2v) is 3.95. The molecule has 0 saturated carbocycles. The lowest BCUT2D eigenvalue weighted by Crippen LogP contribution is -2.34. The SMILES string of the molecule is CC(C)(C)OC(=O)NCC1OC1O. The summed E-state index contributed by atoms with van der Waals surface area (Å²) in [7, 11) is 0. The zero-order valence-corrected chi connectivity index (χ0v) is 8.03. The molecular formula is C8H15NO4. The van der Waals surface area contributed by atoms with E-state index in [1.807, 2.05) is 0 Å². The third-order valence-electron chi connectivity index (χ3n) is 1.40. The Kier molecular flexibility index (Phi) is 2.77. The van der Waals surface area contributed by atoms with Crippen LogP contribution in [0.3, 0.4) is 0 Å². The van der Waals surface area contributed by atoms with Crippen molar-refractivity contribution in [1.29, 1.82) is 0 Å². The van der Waals surface area contributed by atoms with Gasteiger partial charge >= 0.3 is 6.09 Å². The van der Waals surface area contributed by atoms with Crippen molar-refractivity contribution >= 4 is 6.09 Å². The highest BCUT2D eigenvalue weighted by Gasteiger charge is 2.37. The predicted octanol–water partition coefficient (Wildman–Crippen LogP) is 0.228. The second kappa shape index (κ2) is 3.51. The largest absolute Gasteiger partial charge is 0.444 e.